The lowest BCUT2D eigenvalue weighted by molar-refractivity contribution is -0.293. The summed E-state index contributed by atoms with van der Waals surface area (Å²) < 4.78 is 32.3. The van der Waals surface area contributed by atoms with Crippen LogP contribution in [0.5, 0.6) is 0 Å². The van der Waals surface area contributed by atoms with E-state index in [9.17, 15) is 4.79 Å². The molecule has 0 bridgehead atoms. The van der Waals surface area contributed by atoms with Gasteiger partial charge in [-0.3, -0.25) is 4.79 Å². The maximum absolute atomic E-state index is 12.5. The third kappa shape index (κ3) is 9.32. The number of benzene rings is 4. The van der Waals surface area contributed by atoms with Crippen LogP contribution in [0.25, 0.3) is 0 Å². The minimum absolute atomic E-state index is 0.212. The number of nitrogens with one attached hydrogen (secondary N) is 1. The minimum atomic E-state index is -0.799. The van der Waals surface area contributed by atoms with E-state index in [0.717, 1.165) is 22.3 Å². The van der Waals surface area contributed by atoms with Crippen LogP contribution in [0.1, 0.15) is 29.2 Å². The zero-order valence-electron chi connectivity index (χ0n) is 24.4. The van der Waals surface area contributed by atoms with Crippen LogP contribution in [0, 0.1) is 0 Å². The van der Waals surface area contributed by atoms with Crippen LogP contribution in [0.15, 0.2) is 121 Å². The predicted molar refractivity (Wildman–Crippen MR) is 164 cm³/mol. The highest BCUT2D eigenvalue weighted by atomic mass is 16.7. The first-order valence-corrected chi connectivity index (χ1v) is 14.7. The Kier molecular flexibility index (Phi) is 11.5. The average Bonchev–Trinajstić information content (AvgIpc) is 3.05. The van der Waals surface area contributed by atoms with Crippen molar-refractivity contribution in [2.45, 2.75) is 64.0 Å². The van der Waals surface area contributed by atoms with Crippen LogP contribution in [-0.4, -0.2) is 43.2 Å². The maximum atomic E-state index is 12.5. The molecule has 0 spiro atoms. The van der Waals surface area contributed by atoms with Gasteiger partial charge in [-0.05, 0) is 22.3 Å². The van der Waals surface area contributed by atoms with Crippen molar-refractivity contribution in [3.8, 4) is 0 Å². The summed E-state index contributed by atoms with van der Waals surface area (Å²) in [7, 11) is 0. The number of rotatable bonds is 14. The van der Waals surface area contributed by atoms with Gasteiger partial charge in [0.05, 0.1) is 33.0 Å². The SMILES string of the molecule is CC(=O)N[C@H]1[C@H](OCc2ccccc2)O[C@H](COCc2ccccc2)[C@@H](OCc2ccccc2)[C@@H]1OCc1ccccc1. The van der Waals surface area contributed by atoms with Crippen LogP contribution < -0.4 is 5.32 Å². The predicted octanol–water partition coefficient (Wildman–Crippen LogP) is 5.82. The van der Waals surface area contributed by atoms with E-state index in [1.54, 1.807) is 0 Å². The van der Waals surface area contributed by atoms with E-state index in [-0.39, 0.29) is 12.5 Å². The van der Waals surface area contributed by atoms with E-state index < -0.39 is 30.6 Å². The monoisotopic (exact) mass is 581 g/mol. The van der Waals surface area contributed by atoms with Gasteiger partial charge in [-0.25, -0.2) is 0 Å². The second-order valence-corrected chi connectivity index (χ2v) is 10.6. The van der Waals surface area contributed by atoms with Crippen molar-refractivity contribution < 1.29 is 28.5 Å². The molecular formula is C36H39NO6. The molecule has 0 aliphatic carbocycles. The molecule has 1 saturated heterocycles. The van der Waals surface area contributed by atoms with Gasteiger partial charge >= 0.3 is 0 Å². The second kappa shape index (κ2) is 16.1. The Bertz CT molecular complexity index is 1360. The Balaban J connectivity index is 1.41. The summed E-state index contributed by atoms with van der Waals surface area (Å²) in [6.07, 6.45) is -2.48. The standard InChI is InChI=1S/C36H39NO6/c1-27(38)37-33-35(41-24-30-18-10-4-11-19-30)34(40-23-29-16-8-3-9-17-29)32(26-39-22-28-14-6-2-7-15-28)43-36(33)42-25-31-20-12-5-13-21-31/h2-21,32-36H,22-26H2,1H3,(H,37,38)/t32-,33-,34-,35-,36-/m1/s1. The van der Waals surface area contributed by atoms with Gasteiger partial charge in [-0.2, -0.15) is 0 Å². The molecule has 1 aliphatic heterocycles. The maximum Gasteiger partial charge on any atom is 0.217 e. The fourth-order valence-electron chi connectivity index (χ4n) is 5.12. The Morgan fingerprint density at radius 1 is 0.605 bits per heavy atom. The molecule has 0 aromatic heterocycles. The second-order valence-electron chi connectivity index (χ2n) is 10.6. The van der Waals surface area contributed by atoms with Gasteiger partial charge in [0.2, 0.25) is 5.91 Å². The summed E-state index contributed by atoms with van der Waals surface area (Å²) >= 11 is 0. The molecule has 0 radical (unpaired) electrons. The molecule has 1 aliphatic rings. The molecule has 5 rings (SSSR count). The quantitative estimate of drug-likeness (QED) is 0.202. The highest BCUT2D eigenvalue weighted by Gasteiger charge is 2.48. The van der Waals surface area contributed by atoms with Gasteiger partial charge in [0, 0.05) is 6.92 Å². The van der Waals surface area contributed by atoms with Gasteiger partial charge in [0.1, 0.15) is 24.4 Å². The number of hydrogen-bond acceptors (Lipinski definition) is 6. The number of amides is 1. The zero-order chi connectivity index (χ0) is 29.7. The number of carbonyl (C=O) groups excluding carboxylic acids is 1. The molecule has 7 heteroatoms. The van der Waals surface area contributed by atoms with Crippen LogP contribution in [0.2, 0.25) is 0 Å². The molecule has 1 amide bonds. The first kappa shape index (κ1) is 30.6. The average molecular weight is 582 g/mol. The third-order valence-corrected chi connectivity index (χ3v) is 7.24. The lowest BCUT2D eigenvalue weighted by Crippen LogP contribution is -2.66. The molecule has 1 heterocycles. The number of carbonyl (C=O) groups is 1. The van der Waals surface area contributed by atoms with Gasteiger partial charge in [-0.1, -0.05) is 121 Å². The molecule has 1 fully saturated rings. The molecule has 7 nitrogen and oxygen atoms in total. The van der Waals surface area contributed by atoms with Crippen LogP contribution in [0.4, 0.5) is 0 Å². The first-order valence-electron chi connectivity index (χ1n) is 14.7. The van der Waals surface area contributed by atoms with Crippen molar-refractivity contribution in [3.63, 3.8) is 0 Å². The smallest absolute Gasteiger partial charge is 0.217 e. The van der Waals surface area contributed by atoms with Crippen LogP contribution >= 0.6 is 0 Å². The lowest BCUT2D eigenvalue weighted by Gasteiger charge is -2.46. The molecule has 0 saturated carbocycles. The first-order chi connectivity index (χ1) is 21.2. The van der Waals surface area contributed by atoms with Crippen molar-refractivity contribution in [3.05, 3.63) is 144 Å². The summed E-state index contributed by atoms with van der Waals surface area (Å²) in [5.74, 6) is -0.212. The molecule has 43 heavy (non-hydrogen) atoms. The van der Waals surface area contributed by atoms with E-state index in [1.165, 1.54) is 6.92 Å². The molecule has 0 unspecified atom stereocenters. The van der Waals surface area contributed by atoms with E-state index in [2.05, 4.69) is 5.32 Å². The van der Waals surface area contributed by atoms with E-state index >= 15 is 0 Å². The van der Waals surface area contributed by atoms with Crippen molar-refractivity contribution in [1.29, 1.82) is 0 Å². The number of hydrogen-bond donors (Lipinski definition) is 1. The third-order valence-electron chi connectivity index (χ3n) is 7.24. The largest absolute Gasteiger partial charge is 0.374 e. The molecule has 4 aromatic carbocycles. The van der Waals surface area contributed by atoms with Gasteiger partial charge in [0.15, 0.2) is 6.29 Å². The molecule has 4 aromatic rings. The van der Waals surface area contributed by atoms with Crippen molar-refractivity contribution in [2.75, 3.05) is 6.61 Å². The summed E-state index contributed by atoms with van der Waals surface area (Å²) in [5.41, 5.74) is 4.08. The normalized spacial score (nSPS) is 21.7. The van der Waals surface area contributed by atoms with E-state index in [4.69, 9.17) is 23.7 Å². The Morgan fingerprint density at radius 2 is 1.02 bits per heavy atom. The summed E-state index contributed by atoms with van der Waals surface area (Å²) in [6, 6.07) is 39.1. The highest BCUT2D eigenvalue weighted by molar-refractivity contribution is 5.73. The Labute approximate surface area is 253 Å². The highest BCUT2D eigenvalue weighted by Crippen LogP contribution is 2.30. The molecule has 1 N–H and O–H groups in total. The summed E-state index contributed by atoms with van der Waals surface area (Å²) in [5, 5.41) is 3.05. The summed E-state index contributed by atoms with van der Waals surface area (Å²) in [6.45, 7) is 3.13. The van der Waals surface area contributed by atoms with Gasteiger partial charge in [-0.15, -0.1) is 0 Å². The topological polar surface area (TPSA) is 75.3 Å². The van der Waals surface area contributed by atoms with Crippen molar-refractivity contribution >= 4 is 5.91 Å². The fraction of sp³-hybridized carbons (Fsp3) is 0.306. The molecule has 5 atom stereocenters. The van der Waals surface area contributed by atoms with Gasteiger partial charge in [0.25, 0.3) is 0 Å². The number of ether oxygens (including phenoxy) is 5. The Hall–Kier alpha value is -3.85. The van der Waals surface area contributed by atoms with Crippen molar-refractivity contribution in [1.82, 2.24) is 5.32 Å². The van der Waals surface area contributed by atoms with Gasteiger partial charge < -0.3 is 29.0 Å². The fourth-order valence-corrected chi connectivity index (χ4v) is 5.12. The Morgan fingerprint density at radius 3 is 1.49 bits per heavy atom. The molecule has 224 valence electrons. The lowest BCUT2D eigenvalue weighted by atomic mass is 9.95. The molecular weight excluding hydrogens is 542 g/mol. The van der Waals surface area contributed by atoms with Crippen LogP contribution in [-0.2, 0) is 54.9 Å². The minimum Gasteiger partial charge on any atom is -0.374 e. The van der Waals surface area contributed by atoms with E-state index in [0.29, 0.717) is 26.4 Å². The van der Waals surface area contributed by atoms with Crippen molar-refractivity contribution in [2.24, 2.45) is 0 Å². The summed E-state index contributed by atoms with van der Waals surface area (Å²) in [4.78, 5) is 12.5. The zero-order valence-corrected chi connectivity index (χ0v) is 24.4. The van der Waals surface area contributed by atoms with E-state index in [1.807, 2.05) is 121 Å². The van der Waals surface area contributed by atoms with Crippen LogP contribution in [0.3, 0.4) is 0 Å².